The minimum absolute atomic E-state index is 0.0329. The molecule has 1 aliphatic rings. The summed E-state index contributed by atoms with van der Waals surface area (Å²) in [6, 6.07) is 5.32. The molecule has 1 N–H and O–H groups in total. The maximum atomic E-state index is 13.4. The number of halogens is 1. The summed E-state index contributed by atoms with van der Waals surface area (Å²) in [6.45, 7) is 3.80. The first-order valence-corrected chi connectivity index (χ1v) is 8.95. The number of sulfonamides is 1. The lowest BCUT2D eigenvalue weighted by atomic mass is 10.0. The normalized spacial score (nSPS) is 23.3. The van der Waals surface area contributed by atoms with E-state index in [0.29, 0.717) is 5.56 Å². The van der Waals surface area contributed by atoms with Crippen LogP contribution in [0.1, 0.15) is 31.9 Å². The van der Waals surface area contributed by atoms with E-state index >= 15 is 0 Å². The molecule has 1 aromatic carbocycles. The average molecular weight is 331 g/mol. The van der Waals surface area contributed by atoms with Gasteiger partial charge in [0.2, 0.25) is 10.0 Å². The van der Waals surface area contributed by atoms with Crippen molar-refractivity contribution in [2.45, 2.75) is 38.5 Å². The van der Waals surface area contributed by atoms with E-state index < -0.39 is 28.0 Å². The van der Waals surface area contributed by atoms with Crippen LogP contribution in [0.4, 0.5) is 4.39 Å². The first-order valence-electron chi connectivity index (χ1n) is 7.34. The maximum Gasteiger partial charge on any atom is 0.217 e. The van der Waals surface area contributed by atoms with Crippen molar-refractivity contribution < 1.29 is 22.7 Å². The van der Waals surface area contributed by atoms with Gasteiger partial charge < -0.3 is 9.84 Å². The fraction of sp³-hybridized carbons (Fsp3) is 0.600. The van der Waals surface area contributed by atoms with Crippen LogP contribution in [-0.2, 0) is 14.8 Å². The van der Waals surface area contributed by atoms with E-state index in [-0.39, 0.29) is 31.4 Å². The Morgan fingerprint density at radius 1 is 1.45 bits per heavy atom. The number of β-amino-alcohol motifs (C(OH)–C–C–N with tert-alkyl or cyclic N) is 1. The number of nitrogens with zero attached hydrogens (tertiary/aromatic N) is 1. The van der Waals surface area contributed by atoms with Crippen LogP contribution in [-0.4, -0.2) is 48.9 Å². The van der Waals surface area contributed by atoms with E-state index in [1.807, 2.05) is 13.8 Å². The lowest BCUT2D eigenvalue weighted by Gasteiger charge is -2.24. The number of aliphatic hydroxyl groups excluding tert-OH is 1. The summed E-state index contributed by atoms with van der Waals surface area (Å²) in [5.41, 5.74) is 0.560. The Balaban J connectivity index is 2.16. The van der Waals surface area contributed by atoms with Gasteiger partial charge in [0.15, 0.2) is 0 Å². The molecular formula is C15H22FNO4S. The van der Waals surface area contributed by atoms with Crippen LogP contribution in [0.25, 0.3) is 0 Å². The van der Waals surface area contributed by atoms with Crippen molar-refractivity contribution in [3.05, 3.63) is 35.6 Å². The highest BCUT2D eigenvalue weighted by molar-refractivity contribution is 7.89. The van der Waals surface area contributed by atoms with Gasteiger partial charge in [-0.3, -0.25) is 0 Å². The molecule has 2 unspecified atom stereocenters. The van der Waals surface area contributed by atoms with Crippen molar-refractivity contribution in [3.8, 4) is 0 Å². The van der Waals surface area contributed by atoms with Crippen LogP contribution < -0.4 is 0 Å². The summed E-state index contributed by atoms with van der Waals surface area (Å²) in [5, 5.41) is 9.85. The molecular weight excluding hydrogens is 309 g/mol. The predicted molar refractivity (Wildman–Crippen MR) is 81.3 cm³/mol. The molecule has 1 aliphatic heterocycles. The van der Waals surface area contributed by atoms with Gasteiger partial charge in [0.05, 0.1) is 30.6 Å². The third-order valence-electron chi connectivity index (χ3n) is 3.62. The van der Waals surface area contributed by atoms with Gasteiger partial charge in [-0.25, -0.2) is 12.8 Å². The minimum Gasteiger partial charge on any atom is -0.392 e. The molecule has 22 heavy (non-hydrogen) atoms. The van der Waals surface area contributed by atoms with E-state index in [4.69, 9.17) is 4.74 Å². The zero-order chi connectivity index (χ0) is 16.3. The summed E-state index contributed by atoms with van der Waals surface area (Å²) in [6.07, 6.45) is -0.513. The highest BCUT2D eigenvalue weighted by Crippen LogP contribution is 2.34. The number of aliphatic hydroxyl groups is 1. The molecule has 2 rings (SSSR count). The van der Waals surface area contributed by atoms with E-state index in [0.717, 1.165) is 0 Å². The molecule has 1 fully saturated rings. The smallest absolute Gasteiger partial charge is 0.217 e. The molecule has 1 saturated heterocycles. The van der Waals surface area contributed by atoms with Gasteiger partial charge in [-0.05, 0) is 38.0 Å². The summed E-state index contributed by atoms with van der Waals surface area (Å²) < 4.78 is 44.9. The van der Waals surface area contributed by atoms with Crippen LogP contribution in [0.3, 0.4) is 0 Å². The molecule has 124 valence electrons. The third-order valence-corrected chi connectivity index (χ3v) is 5.42. The molecule has 0 spiro atoms. The Bertz CT molecular complexity index is 605. The molecule has 2 atom stereocenters. The maximum absolute atomic E-state index is 13.4. The first-order chi connectivity index (χ1) is 10.3. The zero-order valence-corrected chi connectivity index (χ0v) is 13.6. The van der Waals surface area contributed by atoms with E-state index in [1.165, 1.54) is 16.4 Å². The van der Waals surface area contributed by atoms with Crippen LogP contribution in [0.15, 0.2) is 24.3 Å². The van der Waals surface area contributed by atoms with Gasteiger partial charge in [0.1, 0.15) is 5.82 Å². The fourth-order valence-corrected chi connectivity index (χ4v) is 4.15. The quantitative estimate of drug-likeness (QED) is 0.861. The van der Waals surface area contributed by atoms with Crippen molar-refractivity contribution in [2.75, 3.05) is 18.9 Å². The highest BCUT2D eigenvalue weighted by atomic mass is 32.2. The van der Waals surface area contributed by atoms with Crippen molar-refractivity contribution in [1.82, 2.24) is 4.31 Å². The van der Waals surface area contributed by atoms with E-state index in [1.54, 1.807) is 12.1 Å². The molecule has 1 heterocycles. The topological polar surface area (TPSA) is 66.8 Å². The average Bonchev–Trinajstić information content (AvgIpc) is 2.81. The molecule has 0 bridgehead atoms. The molecule has 0 amide bonds. The lowest BCUT2D eigenvalue weighted by molar-refractivity contribution is 0.0905. The van der Waals surface area contributed by atoms with Crippen LogP contribution in [0, 0.1) is 5.82 Å². The van der Waals surface area contributed by atoms with Crippen molar-refractivity contribution in [2.24, 2.45) is 0 Å². The number of hydrogen-bond acceptors (Lipinski definition) is 4. The monoisotopic (exact) mass is 331 g/mol. The second-order valence-corrected chi connectivity index (χ2v) is 7.81. The van der Waals surface area contributed by atoms with Crippen LogP contribution in [0.2, 0.25) is 0 Å². The van der Waals surface area contributed by atoms with Crippen molar-refractivity contribution in [3.63, 3.8) is 0 Å². The SMILES string of the molecule is CC(C)OCCS(=O)(=O)N1CC(O)CC1c1cccc(F)c1. The number of hydrogen-bond donors (Lipinski definition) is 1. The van der Waals surface area contributed by atoms with Gasteiger partial charge in [0, 0.05) is 6.54 Å². The van der Waals surface area contributed by atoms with Crippen LogP contribution in [0.5, 0.6) is 0 Å². The molecule has 5 nitrogen and oxygen atoms in total. The largest absolute Gasteiger partial charge is 0.392 e. The molecule has 0 radical (unpaired) electrons. The molecule has 0 aliphatic carbocycles. The zero-order valence-electron chi connectivity index (χ0n) is 12.8. The Labute approximate surface area is 130 Å². The van der Waals surface area contributed by atoms with Gasteiger partial charge in [-0.2, -0.15) is 4.31 Å². The summed E-state index contributed by atoms with van der Waals surface area (Å²) >= 11 is 0. The summed E-state index contributed by atoms with van der Waals surface area (Å²) in [5.74, 6) is -0.566. The second kappa shape index (κ2) is 7.04. The summed E-state index contributed by atoms with van der Waals surface area (Å²) in [4.78, 5) is 0. The Morgan fingerprint density at radius 2 is 2.18 bits per heavy atom. The van der Waals surface area contributed by atoms with Crippen molar-refractivity contribution in [1.29, 1.82) is 0 Å². The van der Waals surface area contributed by atoms with Gasteiger partial charge in [-0.1, -0.05) is 12.1 Å². The molecule has 0 aromatic heterocycles. The Hall–Kier alpha value is -1.02. The van der Waals surface area contributed by atoms with Crippen LogP contribution >= 0.6 is 0 Å². The molecule has 7 heteroatoms. The lowest BCUT2D eigenvalue weighted by Crippen LogP contribution is -2.35. The first kappa shape index (κ1) is 17.3. The number of rotatable bonds is 6. The standard InChI is InChI=1S/C15H22FNO4S/c1-11(2)21-6-7-22(19,20)17-10-14(18)9-15(17)12-4-3-5-13(16)8-12/h3-5,8,11,14-15,18H,6-7,9-10H2,1-2H3. The molecule has 1 aromatic rings. The molecule has 0 saturated carbocycles. The minimum atomic E-state index is -3.57. The Morgan fingerprint density at radius 3 is 2.82 bits per heavy atom. The van der Waals surface area contributed by atoms with Gasteiger partial charge >= 0.3 is 0 Å². The number of benzene rings is 1. The Kier molecular flexibility index (Phi) is 5.55. The third kappa shape index (κ3) is 4.25. The summed E-state index contributed by atoms with van der Waals surface area (Å²) in [7, 11) is -3.57. The predicted octanol–water partition coefficient (Wildman–Crippen LogP) is 1.69. The van der Waals surface area contributed by atoms with E-state index in [2.05, 4.69) is 0 Å². The van der Waals surface area contributed by atoms with E-state index in [9.17, 15) is 17.9 Å². The second-order valence-electron chi connectivity index (χ2n) is 5.77. The highest BCUT2D eigenvalue weighted by Gasteiger charge is 2.39. The van der Waals surface area contributed by atoms with Crippen molar-refractivity contribution >= 4 is 10.0 Å². The number of ether oxygens (including phenoxy) is 1. The van der Waals surface area contributed by atoms with Gasteiger partial charge in [0.25, 0.3) is 0 Å². The fourth-order valence-electron chi connectivity index (χ4n) is 2.61. The van der Waals surface area contributed by atoms with Gasteiger partial charge in [-0.15, -0.1) is 0 Å².